The van der Waals surface area contributed by atoms with Crippen LogP contribution >= 0.6 is 11.8 Å². The summed E-state index contributed by atoms with van der Waals surface area (Å²) < 4.78 is 0. The average Bonchev–Trinajstić information content (AvgIpc) is 2.72. The number of unbranched alkanes of at least 4 members (excludes halogenated alkanes) is 1. The molecule has 1 saturated heterocycles. The van der Waals surface area contributed by atoms with Gasteiger partial charge in [0.25, 0.3) is 0 Å². The van der Waals surface area contributed by atoms with E-state index in [0.29, 0.717) is 11.4 Å². The summed E-state index contributed by atoms with van der Waals surface area (Å²) in [7, 11) is 0. The molecule has 0 aliphatic carbocycles. The van der Waals surface area contributed by atoms with Gasteiger partial charge in [-0.15, -0.1) is 11.8 Å². The Morgan fingerprint density at radius 3 is 2.76 bits per heavy atom. The summed E-state index contributed by atoms with van der Waals surface area (Å²) in [6, 6.07) is 6.54. The number of hydrogen-bond donors (Lipinski definition) is 1. The van der Waals surface area contributed by atoms with Gasteiger partial charge in [0.2, 0.25) is 11.8 Å². The first-order chi connectivity index (χ1) is 10.0. The van der Waals surface area contributed by atoms with Crippen LogP contribution in [0.2, 0.25) is 0 Å². The van der Waals surface area contributed by atoms with E-state index in [1.54, 1.807) is 18.2 Å². The quantitative estimate of drug-likeness (QED) is 0.817. The lowest BCUT2D eigenvalue weighted by molar-refractivity contribution is -0.138. The fourth-order valence-corrected chi connectivity index (χ4v) is 3.40. The van der Waals surface area contributed by atoms with Crippen molar-refractivity contribution in [3.63, 3.8) is 0 Å². The monoisotopic (exact) mass is 307 g/mol. The van der Waals surface area contributed by atoms with E-state index in [1.165, 1.54) is 11.0 Å². The molecule has 0 spiro atoms. The number of carboxylic acid groups (broad SMARTS) is 1. The number of aromatic carboxylic acids is 1. The Kier molecular flexibility index (Phi) is 5.01. The minimum atomic E-state index is -1.03. The minimum absolute atomic E-state index is 0.140. The van der Waals surface area contributed by atoms with Gasteiger partial charge >= 0.3 is 5.97 Å². The predicted octanol–water partition coefficient (Wildman–Crippen LogP) is 2.40. The molecule has 112 valence electrons. The van der Waals surface area contributed by atoms with Gasteiger partial charge in [-0.3, -0.25) is 14.5 Å². The van der Waals surface area contributed by atoms with E-state index in [4.69, 9.17) is 5.11 Å². The Labute approximate surface area is 127 Å². The number of nitrogens with zero attached hydrogens (tertiary/aromatic N) is 1. The number of likely N-dealkylation sites (tertiary alicyclic amines) is 1. The molecule has 1 aromatic carbocycles. The number of imide groups is 1. The van der Waals surface area contributed by atoms with Crippen molar-refractivity contribution in [2.24, 2.45) is 0 Å². The van der Waals surface area contributed by atoms with Gasteiger partial charge in [-0.25, -0.2) is 4.79 Å². The van der Waals surface area contributed by atoms with E-state index in [-0.39, 0.29) is 23.8 Å². The second kappa shape index (κ2) is 6.76. The Balaban J connectivity index is 2.13. The first-order valence-electron chi connectivity index (χ1n) is 6.87. The van der Waals surface area contributed by atoms with Gasteiger partial charge in [-0.2, -0.15) is 0 Å². The highest BCUT2D eigenvalue weighted by Gasteiger charge is 2.39. The summed E-state index contributed by atoms with van der Waals surface area (Å²) in [5.74, 6) is -1.41. The van der Waals surface area contributed by atoms with Gasteiger partial charge < -0.3 is 5.11 Å². The molecule has 2 amide bonds. The summed E-state index contributed by atoms with van der Waals surface area (Å²) in [5.41, 5.74) is 0.162. The minimum Gasteiger partial charge on any atom is -0.478 e. The van der Waals surface area contributed by atoms with Crippen molar-refractivity contribution in [3.05, 3.63) is 29.8 Å². The van der Waals surface area contributed by atoms with Gasteiger partial charge in [-0.05, 0) is 18.6 Å². The first kappa shape index (κ1) is 15.6. The number of benzene rings is 1. The fourth-order valence-electron chi connectivity index (χ4n) is 2.20. The lowest BCUT2D eigenvalue weighted by Crippen LogP contribution is -2.32. The molecule has 1 aliphatic rings. The zero-order chi connectivity index (χ0) is 15.4. The number of amides is 2. The average molecular weight is 307 g/mol. The number of hydrogen-bond acceptors (Lipinski definition) is 4. The molecular formula is C15H17NO4S. The maximum absolute atomic E-state index is 12.2. The van der Waals surface area contributed by atoms with Crippen LogP contribution in [0, 0.1) is 0 Å². The van der Waals surface area contributed by atoms with Crippen molar-refractivity contribution in [2.75, 3.05) is 6.54 Å². The molecule has 0 bridgehead atoms. The molecule has 0 saturated carbocycles. The van der Waals surface area contributed by atoms with Crippen LogP contribution in [0.1, 0.15) is 36.5 Å². The highest BCUT2D eigenvalue weighted by molar-refractivity contribution is 8.00. The SMILES string of the molecule is CCCCN1C(=O)C[C@@H](Sc2ccccc2C(=O)O)C1=O. The third-order valence-corrected chi connectivity index (χ3v) is 4.59. The highest BCUT2D eigenvalue weighted by Crippen LogP contribution is 2.33. The maximum Gasteiger partial charge on any atom is 0.336 e. The largest absolute Gasteiger partial charge is 0.478 e. The predicted molar refractivity (Wildman–Crippen MR) is 79.3 cm³/mol. The molecule has 21 heavy (non-hydrogen) atoms. The van der Waals surface area contributed by atoms with Crippen molar-refractivity contribution < 1.29 is 19.5 Å². The van der Waals surface area contributed by atoms with Crippen LogP contribution in [0.5, 0.6) is 0 Å². The molecule has 5 nitrogen and oxygen atoms in total. The Morgan fingerprint density at radius 2 is 2.10 bits per heavy atom. The van der Waals surface area contributed by atoms with Crippen LogP contribution in [0.15, 0.2) is 29.2 Å². The molecule has 1 N–H and O–H groups in total. The Morgan fingerprint density at radius 1 is 1.38 bits per heavy atom. The third-order valence-electron chi connectivity index (χ3n) is 3.32. The van der Waals surface area contributed by atoms with Crippen LogP contribution in [0.4, 0.5) is 0 Å². The highest BCUT2D eigenvalue weighted by atomic mass is 32.2. The smallest absolute Gasteiger partial charge is 0.336 e. The topological polar surface area (TPSA) is 74.7 Å². The second-order valence-electron chi connectivity index (χ2n) is 4.85. The Hall–Kier alpha value is -1.82. The molecule has 1 atom stereocenters. The first-order valence-corrected chi connectivity index (χ1v) is 7.75. The van der Waals surface area contributed by atoms with Crippen LogP contribution in [-0.2, 0) is 9.59 Å². The number of thioether (sulfide) groups is 1. The summed E-state index contributed by atoms with van der Waals surface area (Å²) in [5, 5.41) is 8.63. The molecule has 0 unspecified atom stereocenters. The lowest BCUT2D eigenvalue weighted by atomic mass is 10.2. The van der Waals surface area contributed by atoms with Crippen molar-refractivity contribution in [2.45, 2.75) is 36.3 Å². The number of carbonyl (C=O) groups excluding carboxylic acids is 2. The summed E-state index contributed by atoms with van der Waals surface area (Å²) in [6.45, 7) is 2.45. The maximum atomic E-state index is 12.2. The number of carbonyl (C=O) groups is 3. The van der Waals surface area contributed by atoms with Crippen LogP contribution < -0.4 is 0 Å². The molecule has 0 radical (unpaired) electrons. The second-order valence-corrected chi connectivity index (χ2v) is 6.09. The molecule has 1 aliphatic heterocycles. The Bertz CT molecular complexity index is 573. The van der Waals surface area contributed by atoms with E-state index < -0.39 is 11.2 Å². The van der Waals surface area contributed by atoms with Gasteiger partial charge in [0.1, 0.15) is 0 Å². The molecule has 1 fully saturated rings. The van der Waals surface area contributed by atoms with Crippen molar-refractivity contribution in [1.82, 2.24) is 4.90 Å². The molecule has 2 rings (SSSR count). The van der Waals surface area contributed by atoms with E-state index >= 15 is 0 Å². The van der Waals surface area contributed by atoms with Gasteiger partial charge in [-0.1, -0.05) is 25.5 Å². The molecule has 0 aromatic heterocycles. The normalized spacial score (nSPS) is 18.3. The van der Waals surface area contributed by atoms with Crippen LogP contribution in [0.25, 0.3) is 0 Å². The van der Waals surface area contributed by atoms with E-state index in [2.05, 4.69) is 0 Å². The molecule has 1 heterocycles. The summed E-state index contributed by atoms with van der Waals surface area (Å²) in [4.78, 5) is 37.1. The van der Waals surface area contributed by atoms with Crippen molar-refractivity contribution >= 4 is 29.5 Å². The molecule has 1 aromatic rings. The van der Waals surface area contributed by atoms with Crippen LogP contribution in [-0.4, -0.2) is 39.6 Å². The number of carboxylic acids is 1. The summed E-state index contributed by atoms with van der Waals surface area (Å²) in [6.07, 6.45) is 1.85. The third kappa shape index (κ3) is 3.44. The molecule has 6 heteroatoms. The van der Waals surface area contributed by atoms with Crippen molar-refractivity contribution in [3.8, 4) is 0 Å². The molecular weight excluding hydrogens is 290 g/mol. The lowest BCUT2D eigenvalue weighted by Gasteiger charge is -2.14. The van der Waals surface area contributed by atoms with Crippen LogP contribution in [0.3, 0.4) is 0 Å². The summed E-state index contributed by atoms with van der Waals surface area (Å²) >= 11 is 1.16. The standard InChI is InChI=1S/C15H17NO4S/c1-2-3-8-16-13(17)9-12(14(16)18)21-11-7-5-4-6-10(11)15(19)20/h4-7,12H,2-3,8-9H2,1H3,(H,19,20)/t12-/m1/s1. The number of rotatable bonds is 6. The van der Waals surface area contributed by atoms with Crippen molar-refractivity contribution in [1.29, 1.82) is 0 Å². The zero-order valence-electron chi connectivity index (χ0n) is 11.7. The fraction of sp³-hybridized carbons (Fsp3) is 0.400. The van der Waals surface area contributed by atoms with Gasteiger partial charge in [0, 0.05) is 17.9 Å². The van der Waals surface area contributed by atoms with E-state index in [9.17, 15) is 14.4 Å². The van der Waals surface area contributed by atoms with Gasteiger partial charge in [0.05, 0.1) is 10.8 Å². The zero-order valence-corrected chi connectivity index (χ0v) is 12.6. The van der Waals surface area contributed by atoms with E-state index in [1.807, 2.05) is 6.92 Å². The van der Waals surface area contributed by atoms with Gasteiger partial charge in [0.15, 0.2) is 0 Å². The van der Waals surface area contributed by atoms with E-state index in [0.717, 1.165) is 24.6 Å².